The average Bonchev–Trinajstić information content (AvgIpc) is 2.36. The lowest BCUT2D eigenvalue weighted by Crippen LogP contribution is -2.42. The van der Waals surface area contributed by atoms with Crippen LogP contribution in [0.15, 0.2) is 0 Å². The molecule has 108 valence electrons. The molecule has 1 aliphatic heterocycles. The van der Waals surface area contributed by atoms with Crippen LogP contribution < -0.4 is 4.72 Å². The van der Waals surface area contributed by atoms with Gasteiger partial charge in [0.05, 0.1) is 5.25 Å². The van der Waals surface area contributed by atoms with Gasteiger partial charge in [0.1, 0.15) is 0 Å². The highest BCUT2D eigenvalue weighted by molar-refractivity contribution is 7.90. The number of sulfonamides is 1. The van der Waals surface area contributed by atoms with Crippen LogP contribution >= 0.6 is 11.6 Å². The highest BCUT2D eigenvalue weighted by Crippen LogP contribution is 2.23. The predicted molar refractivity (Wildman–Crippen MR) is 74.5 cm³/mol. The van der Waals surface area contributed by atoms with Crippen molar-refractivity contribution in [2.75, 3.05) is 25.6 Å². The second kappa shape index (κ2) is 7.08. The van der Waals surface area contributed by atoms with Crippen molar-refractivity contribution in [1.82, 2.24) is 4.72 Å². The van der Waals surface area contributed by atoms with Gasteiger partial charge in [-0.05, 0) is 31.1 Å². The molecule has 0 atom stereocenters. The van der Waals surface area contributed by atoms with Crippen molar-refractivity contribution in [2.45, 2.75) is 44.8 Å². The summed E-state index contributed by atoms with van der Waals surface area (Å²) in [6, 6.07) is 0. The zero-order chi connectivity index (χ0) is 13.6. The van der Waals surface area contributed by atoms with Gasteiger partial charge >= 0.3 is 0 Å². The van der Waals surface area contributed by atoms with E-state index in [1.54, 1.807) is 0 Å². The summed E-state index contributed by atoms with van der Waals surface area (Å²) in [4.78, 5) is 0. The fraction of sp³-hybridized carbons (Fsp3) is 1.00. The van der Waals surface area contributed by atoms with Crippen LogP contribution in [0.3, 0.4) is 0 Å². The van der Waals surface area contributed by atoms with Gasteiger partial charge < -0.3 is 4.74 Å². The Morgan fingerprint density at radius 2 is 1.94 bits per heavy atom. The maximum atomic E-state index is 12.1. The molecule has 0 aromatic carbocycles. The van der Waals surface area contributed by atoms with E-state index >= 15 is 0 Å². The fourth-order valence-electron chi connectivity index (χ4n) is 2.03. The Morgan fingerprint density at radius 3 is 2.50 bits per heavy atom. The van der Waals surface area contributed by atoms with Crippen molar-refractivity contribution < 1.29 is 13.2 Å². The van der Waals surface area contributed by atoms with Gasteiger partial charge in [-0.3, -0.25) is 0 Å². The van der Waals surface area contributed by atoms with E-state index in [-0.39, 0.29) is 10.7 Å². The number of halogens is 1. The molecule has 1 aliphatic rings. The minimum absolute atomic E-state index is 0.0485. The molecular formula is C12H24ClNO3S. The summed E-state index contributed by atoms with van der Waals surface area (Å²) < 4.78 is 32.2. The summed E-state index contributed by atoms with van der Waals surface area (Å²) in [6.45, 7) is 5.68. The molecule has 18 heavy (non-hydrogen) atoms. The molecule has 0 radical (unpaired) electrons. The Morgan fingerprint density at radius 1 is 1.33 bits per heavy atom. The Balaban J connectivity index is 2.45. The third-order valence-electron chi connectivity index (χ3n) is 3.35. The quantitative estimate of drug-likeness (QED) is 0.733. The Labute approximate surface area is 115 Å². The third kappa shape index (κ3) is 5.43. The normalized spacial score (nSPS) is 19.1. The summed E-state index contributed by atoms with van der Waals surface area (Å²) >= 11 is 5.67. The lowest BCUT2D eigenvalue weighted by Gasteiger charge is -2.27. The van der Waals surface area contributed by atoms with Crippen LogP contribution in [0, 0.1) is 5.41 Å². The molecule has 1 rings (SSSR count). The number of hydrogen-bond donors (Lipinski definition) is 1. The van der Waals surface area contributed by atoms with Gasteiger partial charge in [-0.2, -0.15) is 0 Å². The summed E-state index contributed by atoms with van der Waals surface area (Å²) in [5.41, 5.74) is -0.0485. The predicted octanol–water partition coefficient (Wildman–Crippen LogP) is 2.13. The highest BCUT2D eigenvalue weighted by atomic mass is 35.5. The zero-order valence-corrected chi connectivity index (χ0v) is 12.8. The summed E-state index contributed by atoms with van der Waals surface area (Å²) in [5, 5.41) is -0.296. The Bertz CT molecular complexity index is 337. The first-order valence-electron chi connectivity index (χ1n) is 6.49. The van der Waals surface area contributed by atoms with Gasteiger partial charge in [0, 0.05) is 25.6 Å². The summed E-state index contributed by atoms with van der Waals surface area (Å²) in [5.74, 6) is 0.621. The molecule has 6 heteroatoms. The molecule has 1 N–H and O–H groups in total. The van der Waals surface area contributed by atoms with Gasteiger partial charge in [-0.1, -0.05) is 13.8 Å². The molecular weight excluding hydrogens is 274 g/mol. The number of alkyl halides is 1. The van der Waals surface area contributed by atoms with E-state index in [1.807, 2.05) is 0 Å². The fourth-order valence-corrected chi connectivity index (χ4v) is 3.81. The topological polar surface area (TPSA) is 55.4 Å². The van der Waals surface area contributed by atoms with Crippen LogP contribution in [0.5, 0.6) is 0 Å². The molecule has 0 unspecified atom stereocenters. The van der Waals surface area contributed by atoms with Crippen LogP contribution in [-0.2, 0) is 14.8 Å². The highest BCUT2D eigenvalue weighted by Gasteiger charge is 2.29. The van der Waals surface area contributed by atoms with E-state index in [9.17, 15) is 8.42 Å². The van der Waals surface area contributed by atoms with Crippen molar-refractivity contribution >= 4 is 21.6 Å². The van der Waals surface area contributed by atoms with E-state index in [2.05, 4.69) is 18.6 Å². The smallest absolute Gasteiger partial charge is 0.214 e. The van der Waals surface area contributed by atoms with Crippen molar-refractivity contribution in [2.24, 2.45) is 5.41 Å². The maximum Gasteiger partial charge on any atom is 0.214 e. The molecule has 0 aliphatic carbocycles. The lowest BCUT2D eigenvalue weighted by atomic mass is 9.88. The average molecular weight is 298 g/mol. The van der Waals surface area contributed by atoms with Crippen LogP contribution in [0.25, 0.3) is 0 Å². The lowest BCUT2D eigenvalue weighted by molar-refractivity contribution is 0.0980. The maximum absolute atomic E-state index is 12.1. The zero-order valence-electron chi connectivity index (χ0n) is 11.2. The van der Waals surface area contributed by atoms with Gasteiger partial charge in [0.25, 0.3) is 0 Å². The SMILES string of the molecule is CC(C)(CCCCl)CNS(=O)(=O)C1CCOCC1. The molecule has 0 bridgehead atoms. The number of ether oxygens (including phenoxy) is 1. The molecule has 0 amide bonds. The second-order valence-corrected chi connectivity index (χ2v) is 8.06. The minimum atomic E-state index is -3.20. The molecule has 1 heterocycles. The second-order valence-electron chi connectivity index (χ2n) is 5.63. The van der Waals surface area contributed by atoms with E-state index in [0.29, 0.717) is 38.5 Å². The van der Waals surface area contributed by atoms with Crippen LogP contribution in [0.2, 0.25) is 0 Å². The van der Waals surface area contributed by atoms with Crippen molar-refractivity contribution in [1.29, 1.82) is 0 Å². The minimum Gasteiger partial charge on any atom is -0.381 e. The van der Waals surface area contributed by atoms with Crippen molar-refractivity contribution in [3.8, 4) is 0 Å². The van der Waals surface area contributed by atoms with Crippen LogP contribution in [0.4, 0.5) is 0 Å². The van der Waals surface area contributed by atoms with E-state index in [4.69, 9.17) is 16.3 Å². The number of rotatable bonds is 7. The number of hydrogen-bond acceptors (Lipinski definition) is 3. The largest absolute Gasteiger partial charge is 0.381 e. The van der Waals surface area contributed by atoms with Gasteiger partial charge in [-0.25, -0.2) is 13.1 Å². The first kappa shape index (κ1) is 16.2. The molecule has 0 spiro atoms. The monoisotopic (exact) mass is 297 g/mol. The van der Waals surface area contributed by atoms with E-state index in [1.165, 1.54) is 0 Å². The van der Waals surface area contributed by atoms with Crippen LogP contribution in [-0.4, -0.2) is 39.3 Å². The third-order valence-corrected chi connectivity index (χ3v) is 5.51. The van der Waals surface area contributed by atoms with Crippen molar-refractivity contribution in [3.63, 3.8) is 0 Å². The van der Waals surface area contributed by atoms with Crippen molar-refractivity contribution in [3.05, 3.63) is 0 Å². The standard InChI is InChI=1S/C12H24ClNO3S/c1-12(2,6-3-7-13)10-14-18(15,16)11-4-8-17-9-5-11/h11,14H,3-10H2,1-2H3. The van der Waals surface area contributed by atoms with E-state index < -0.39 is 10.0 Å². The number of nitrogens with one attached hydrogen (secondary N) is 1. The summed E-state index contributed by atoms with van der Waals surface area (Å²) in [6.07, 6.45) is 3.02. The van der Waals surface area contributed by atoms with Gasteiger partial charge in [-0.15, -0.1) is 11.6 Å². The molecule has 0 saturated carbocycles. The molecule has 0 aromatic heterocycles. The molecule has 1 saturated heterocycles. The molecule has 4 nitrogen and oxygen atoms in total. The molecule has 0 aromatic rings. The van der Waals surface area contributed by atoms with Crippen LogP contribution in [0.1, 0.15) is 39.5 Å². The van der Waals surface area contributed by atoms with Gasteiger partial charge in [0.15, 0.2) is 0 Å². The molecule has 1 fully saturated rings. The Kier molecular flexibility index (Phi) is 6.38. The van der Waals surface area contributed by atoms with E-state index in [0.717, 1.165) is 12.8 Å². The van der Waals surface area contributed by atoms with Gasteiger partial charge in [0.2, 0.25) is 10.0 Å². The Hall–Kier alpha value is 0.160. The first-order chi connectivity index (χ1) is 8.37. The summed E-state index contributed by atoms with van der Waals surface area (Å²) in [7, 11) is -3.20. The first-order valence-corrected chi connectivity index (χ1v) is 8.58.